The van der Waals surface area contributed by atoms with Crippen molar-refractivity contribution in [3.05, 3.63) is 68.7 Å². The monoisotopic (exact) mass is 304 g/mol. The second kappa shape index (κ2) is 6.42. The zero-order valence-electron chi connectivity index (χ0n) is 10.2. The molecule has 0 amide bonds. The van der Waals surface area contributed by atoms with Gasteiger partial charge in [-0.3, -0.25) is 10.1 Å². The standard InChI is InChI=1S/C14H9ClN2O2S/c15-12-3-1-10(2-4-12)9-20-14-6-5-13(17(18)19)7-11(14)8-16/h1-7H,9H2. The van der Waals surface area contributed by atoms with Crippen molar-refractivity contribution >= 4 is 29.1 Å². The number of rotatable bonds is 4. The number of nitro groups is 1. The first-order valence-electron chi connectivity index (χ1n) is 5.66. The van der Waals surface area contributed by atoms with E-state index in [4.69, 9.17) is 16.9 Å². The van der Waals surface area contributed by atoms with Crippen LogP contribution in [0, 0.1) is 21.4 Å². The fraction of sp³-hybridized carbons (Fsp3) is 0.0714. The van der Waals surface area contributed by atoms with Crippen molar-refractivity contribution in [2.45, 2.75) is 10.6 Å². The molecule has 0 aliphatic rings. The van der Waals surface area contributed by atoms with Crippen LogP contribution in [-0.4, -0.2) is 4.92 Å². The molecule has 0 N–H and O–H groups in total. The van der Waals surface area contributed by atoms with Crippen LogP contribution >= 0.6 is 23.4 Å². The van der Waals surface area contributed by atoms with Crippen LogP contribution in [0.25, 0.3) is 0 Å². The van der Waals surface area contributed by atoms with E-state index in [9.17, 15) is 10.1 Å². The highest BCUT2D eigenvalue weighted by atomic mass is 35.5. The van der Waals surface area contributed by atoms with E-state index in [2.05, 4.69) is 0 Å². The van der Waals surface area contributed by atoms with Crippen molar-refractivity contribution in [2.24, 2.45) is 0 Å². The minimum absolute atomic E-state index is 0.0719. The van der Waals surface area contributed by atoms with E-state index in [1.165, 1.54) is 23.9 Å². The highest BCUT2D eigenvalue weighted by Crippen LogP contribution is 2.29. The first-order valence-corrected chi connectivity index (χ1v) is 7.02. The van der Waals surface area contributed by atoms with Gasteiger partial charge in [0.25, 0.3) is 5.69 Å². The molecule has 0 spiro atoms. The van der Waals surface area contributed by atoms with Crippen LogP contribution < -0.4 is 0 Å². The van der Waals surface area contributed by atoms with Gasteiger partial charge in [-0.15, -0.1) is 11.8 Å². The Labute approximate surface area is 125 Å². The molecule has 6 heteroatoms. The number of non-ortho nitro benzene ring substituents is 1. The lowest BCUT2D eigenvalue weighted by Gasteiger charge is -2.04. The lowest BCUT2D eigenvalue weighted by Crippen LogP contribution is -1.90. The number of hydrogen-bond acceptors (Lipinski definition) is 4. The topological polar surface area (TPSA) is 66.9 Å². The Hall–Kier alpha value is -2.03. The van der Waals surface area contributed by atoms with Crippen LogP contribution in [0.2, 0.25) is 5.02 Å². The zero-order chi connectivity index (χ0) is 14.5. The highest BCUT2D eigenvalue weighted by Gasteiger charge is 2.11. The molecule has 2 aromatic rings. The summed E-state index contributed by atoms with van der Waals surface area (Å²) in [6.45, 7) is 0. The van der Waals surface area contributed by atoms with Gasteiger partial charge in [-0.25, -0.2) is 0 Å². The van der Waals surface area contributed by atoms with Crippen LogP contribution in [0.5, 0.6) is 0 Å². The number of thioether (sulfide) groups is 1. The number of nitro benzene ring substituents is 1. The molecule has 20 heavy (non-hydrogen) atoms. The Morgan fingerprint density at radius 1 is 1.25 bits per heavy atom. The third-order valence-corrected chi connectivity index (χ3v) is 4.00. The fourth-order valence-electron chi connectivity index (χ4n) is 1.59. The van der Waals surface area contributed by atoms with Gasteiger partial charge in [0.05, 0.1) is 10.5 Å². The Kier molecular flexibility index (Phi) is 4.61. The highest BCUT2D eigenvalue weighted by molar-refractivity contribution is 7.98. The van der Waals surface area contributed by atoms with Crippen LogP contribution in [-0.2, 0) is 5.75 Å². The van der Waals surface area contributed by atoms with Crippen molar-refractivity contribution in [2.75, 3.05) is 0 Å². The lowest BCUT2D eigenvalue weighted by atomic mass is 10.2. The molecule has 0 radical (unpaired) electrons. The maximum Gasteiger partial charge on any atom is 0.270 e. The summed E-state index contributed by atoms with van der Waals surface area (Å²) in [6.07, 6.45) is 0. The molecule has 0 aliphatic carbocycles. The van der Waals surface area contributed by atoms with Gasteiger partial charge >= 0.3 is 0 Å². The Morgan fingerprint density at radius 3 is 2.55 bits per heavy atom. The molecule has 2 aromatic carbocycles. The first kappa shape index (κ1) is 14.4. The fourth-order valence-corrected chi connectivity index (χ4v) is 2.65. The molecular weight excluding hydrogens is 296 g/mol. The zero-order valence-corrected chi connectivity index (χ0v) is 11.8. The summed E-state index contributed by atoms with van der Waals surface area (Å²) in [7, 11) is 0. The van der Waals surface area contributed by atoms with Gasteiger partial charge in [0.2, 0.25) is 0 Å². The summed E-state index contributed by atoms with van der Waals surface area (Å²) in [4.78, 5) is 10.9. The van der Waals surface area contributed by atoms with Crippen molar-refractivity contribution < 1.29 is 4.92 Å². The molecule has 0 aromatic heterocycles. The van der Waals surface area contributed by atoms with Crippen molar-refractivity contribution in [1.82, 2.24) is 0 Å². The minimum atomic E-state index is -0.505. The van der Waals surface area contributed by atoms with Gasteiger partial charge in [-0.1, -0.05) is 23.7 Å². The van der Waals surface area contributed by atoms with Gasteiger partial charge in [0.15, 0.2) is 0 Å². The molecule has 0 atom stereocenters. The summed E-state index contributed by atoms with van der Waals surface area (Å²) in [5.74, 6) is 0.670. The smallest absolute Gasteiger partial charge is 0.258 e. The third kappa shape index (κ3) is 3.50. The lowest BCUT2D eigenvalue weighted by molar-refractivity contribution is -0.384. The van der Waals surface area contributed by atoms with Crippen LogP contribution in [0.4, 0.5) is 5.69 Å². The summed E-state index contributed by atoms with van der Waals surface area (Å²) < 4.78 is 0. The second-order valence-electron chi connectivity index (χ2n) is 3.96. The van der Waals surface area contributed by atoms with Gasteiger partial charge in [0.1, 0.15) is 6.07 Å². The Morgan fingerprint density at radius 2 is 1.95 bits per heavy atom. The predicted molar refractivity (Wildman–Crippen MR) is 78.8 cm³/mol. The summed E-state index contributed by atoms with van der Waals surface area (Å²) in [5.41, 5.74) is 1.32. The summed E-state index contributed by atoms with van der Waals surface area (Å²) in [6, 6.07) is 13.7. The molecule has 0 fully saturated rings. The average molecular weight is 305 g/mol. The molecular formula is C14H9ClN2O2S. The molecule has 2 rings (SSSR count). The van der Waals surface area contributed by atoms with Crippen LogP contribution in [0.1, 0.15) is 11.1 Å². The summed E-state index contributed by atoms with van der Waals surface area (Å²) >= 11 is 7.27. The van der Waals surface area contributed by atoms with Crippen molar-refractivity contribution in [3.8, 4) is 6.07 Å². The number of nitrogens with zero attached hydrogens (tertiary/aromatic N) is 2. The molecule has 0 saturated heterocycles. The average Bonchev–Trinajstić information content (AvgIpc) is 2.46. The summed E-state index contributed by atoms with van der Waals surface area (Å²) in [5, 5.41) is 20.4. The largest absolute Gasteiger partial charge is 0.270 e. The van der Waals surface area contributed by atoms with E-state index in [1.54, 1.807) is 18.2 Å². The molecule has 0 unspecified atom stereocenters. The van der Waals surface area contributed by atoms with Gasteiger partial charge in [-0.05, 0) is 23.8 Å². The SMILES string of the molecule is N#Cc1cc([N+](=O)[O-])ccc1SCc1ccc(Cl)cc1. The number of hydrogen-bond donors (Lipinski definition) is 0. The molecule has 0 heterocycles. The number of halogens is 1. The van der Waals surface area contributed by atoms with Crippen LogP contribution in [0.15, 0.2) is 47.4 Å². The first-order chi connectivity index (χ1) is 9.60. The van der Waals surface area contributed by atoms with E-state index in [-0.39, 0.29) is 5.69 Å². The van der Waals surface area contributed by atoms with Gasteiger partial charge in [0, 0.05) is 27.8 Å². The third-order valence-electron chi connectivity index (χ3n) is 2.60. The Balaban J connectivity index is 2.15. The van der Waals surface area contributed by atoms with E-state index >= 15 is 0 Å². The van der Waals surface area contributed by atoms with E-state index in [0.717, 1.165) is 10.5 Å². The van der Waals surface area contributed by atoms with Gasteiger partial charge in [-0.2, -0.15) is 5.26 Å². The molecule has 0 saturated carbocycles. The van der Waals surface area contributed by atoms with Crippen molar-refractivity contribution in [1.29, 1.82) is 5.26 Å². The van der Waals surface area contributed by atoms with Gasteiger partial charge < -0.3 is 0 Å². The van der Waals surface area contributed by atoms with E-state index in [0.29, 0.717) is 16.3 Å². The maximum absolute atomic E-state index is 10.7. The Bertz CT molecular complexity index is 681. The quantitative estimate of drug-likeness (QED) is 0.476. The van der Waals surface area contributed by atoms with E-state index in [1.807, 2.05) is 18.2 Å². The molecule has 4 nitrogen and oxygen atoms in total. The number of benzene rings is 2. The normalized spacial score (nSPS) is 10.0. The predicted octanol–water partition coefficient (Wildman–Crippen LogP) is 4.41. The molecule has 0 bridgehead atoms. The molecule has 100 valence electrons. The van der Waals surface area contributed by atoms with E-state index < -0.39 is 4.92 Å². The second-order valence-corrected chi connectivity index (χ2v) is 5.42. The van der Waals surface area contributed by atoms with Crippen LogP contribution in [0.3, 0.4) is 0 Å². The van der Waals surface area contributed by atoms with Crippen molar-refractivity contribution in [3.63, 3.8) is 0 Å². The molecule has 0 aliphatic heterocycles. The minimum Gasteiger partial charge on any atom is -0.258 e. The maximum atomic E-state index is 10.7. The number of nitriles is 1.